The maximum atomic E-state index is 10.5. The lowest BCUT2D eigenvalue weighted by Gasteiger charge is -2.03. The number of aromatic nitrogens is 2. The van der Waals surface area contributed by atoms with E-state index in [1.165, 1.54) is 0 Å². The molecule has 0 aliphatic rings. The molecular weight excluding hydrogens is 212 g/mol. The molecule has 0 fully saturated rings. The Morgan fingerprint density at radius 3 is 2.81 bits per heavy atom. The lowest BCUT2D eigenvalue weighted by atomic mass is 10.0. The van der Waals surface area contributed by atoms with Crippen LogP contribution < -0.4 is 0 Å². The quantitative estimate of drug-likeness (QED) is 0.792. The van der Waals surface area contributed by atoms with Gasteiger partial charge in [-0.3, -0.25) is 4.79 Å². The Morgan fingerprint density at radius 1 is 1.56 bits per heavy atom. The van der Waals surface area contributed by atoms with Gasteiger partial charge in [-0.05, 0) is 12.8 Å². The maximum Gasteiger partial charge on any atom is 0.303 e. The van der Waals surface area contributed by atoms with E-state index in [0.29, 0.717) is 18.1 Å². The number of carbonyl (C=O) groups is 1. The molecule has 0 saturated heterocycles. The Kier molecular flexibility index (Phi) is 4.42. The number of carboxylic acids is 1. The molecule has 0 aromatic carbocycles. The third-order valence-electron chi connectivity index (χ3n) is 2.25. The molecular formula is C10H16N2O4. The number of nitrogens with zero attached hydrogens (tertiary/aromatic N) is 2. The Morgan fingerprint density at radius 2 is 2.25 bits per heavy atom. The van der Waals surface area contributed by atoms with E-state index >= 15 is 0 Å². The summed E-state index contributed by atoms with van der Waals surface area (Å²) in [6, 6.07) is 0. The second-order valence-electron chi connectivity index (χ2n) is 3.83. The molecule has 0 aliphatic heterocycles. The van der Waals surface area contributed by atoms with Gasteiger partial charge in [0.15, 0.2) is 5.82 Å². The van der Waals surface area contributed by atoms with E-state index in [4.69, 9.17) is 14.4 Å². The van der Waals surface area contributed by atoms with E-state index < -0.39 is 5.97 Å². The fourth-order valence-corrected chi connectivity index (χ4v) is 1.29. The Bertz CT molecular complexity index is 350. The molecule has 2 unspecified atom stereocenters. The number of hydrogen-bond donors (Lipinski definition) is 1. The van der Waals surface area contributed by atoms with Crippen LogP contribution in [0.5, 0.6) is 0 Å². The molecule has 1 aromatic rings. The Labute approximate surface area is 93.6 Å². The van der Waals surface area contributed by atoms with Gasteiger partial charge >= 0.3 is 5.97 Å². The molecule has 2 atom stereocenters. The second kappa shape index (κ2) is 5.60. The first-order valence-electron chi connectivity index (χ1n) is 5.10. The highest BCUT2D eigenvalue weighted by atomic mass is 16.5. The minimum atomic E-state index is -0.822. The summed E-state index contributed by atoms with van der Waals surface area (Å²) in [5, 5.41) is 12.4. The summed E-state index contributed by atoms with van der Waals surface area (Å²) >= 11 is 0. The molecule has 1 aromatic heterocycles. The van der Waals surface area contributed by atoms with E-state index in [0.717, 1.165) is 0 Å². The molecule has 0 bridgehead atoms. The number of carboxylic acid groups (broad SMARTS) is 1. The van der Waals surface area contributed by atoms with Crippen LogP contribution in [0.2, 0.25) is 0 Å². The van der Waals surface area contributed by atoms with Crippen LogP contribution in [0.25, 0.3) is 0 Å². The van der Waals surface area contributed by atoms with Crippen LogP contribution in [0.1, 0.15) is 38.1 Å². The van der Waals surface area contributed by atoms with Gasteiger partial charge in [0.2, 0.25) is 5.89 Å². The second-order valence-corrected chi connectivity index (χ2v) is 3.83. The highest BCUT2D eigenvalue weighted by Crippen LogP contribution is 2.15. The van der Waals surface area contributed by atoms with Crippen molar-refractivity contribution >= 4 is 5.97 Å². The molecule has 1 rings (SSSR count). The number of ether oxygens (including phenoxy) is 1. The standard InChI is InChI=1S/C10H16N2O4/c1-6(5-9(13)14)4-8-11-10(12-16-8)7(2)15-3/h6-7H,4-5H2,1-3H3,(H,13,14). The van der Waals surface area contributed by atoms with Crippen molar-refractivity contribution in [2.75, 3.05) is 7.11 Å². The molecule has 1 heterocycles. The van der Waals surface area contributed by atoms with E-state index in [2.05, 4.69) is 10.1 Å². The zero-order valence-electron chi connectivity index (χ0n) is 9.64. The van der Waals surface area contributed by atoms with Gasteiger partial charge in [-0.2, -0.15) is 4.98 Å². The first kappa shape index (κ1) is 12.6. The van der Waals surface area contributed by atoms with Crippen molar-refractivity contribution in [2.24, 2.45) is 5.92 Å². The molecule has 0 amide bonds. The largest absolute Gasteiger partial charge is 0.481 e. The number of rotatable bonds is 6. The summed E-state index contributed by atoms with van der Waals surface area (Å²) in [7, 11) is 1.56. The molecule has 1 N–H and O–H groups in total. The van der Waals surface area contributed by atoms with Crippen molar-refractivity contribution in [3.05, 3.63) is 11.7 Å². The first-order valence-corrected chi connectivity index (χ1v) is 5.10. The van der Waals surface area contributed by atoms with E-state index in [1.807, 2.05) is 13.8 Å². The topological polar surface area (TPSA) is 85.5 Å². The van der Waals surface area contributed by atoms with Crippen LogP contribution in [0.4, 0.5) is 0 Å². The third kappa shape index (κ3) is 3.62. The van der Waals surface area contributed by atoms with Crippen molar-refractivity contribution in [2.45, 2.75) is 32.8 Å². The minimum absolute atomic E-state index is 0.0244. The molecule has 0 spiro atoms. The Balaban J connectivity index is 2.54. The Hall–Kier alpha value is -1.43. The maximum absolute atomic E-state index is 10.5. The summed E-state index contributed by atoms with van der Waals surface area (Å²) in [6.07, 6.45) is 0.347. The fourth-order valence-electron chi connectivity index (χ4n) is 1.29. The van der Waals surface area contributed by atoms with E-state index in [1.54, 1.807) is 7.11 Å². The molecule has 0 saturated carbocycles. The smallest absolute Gasteiger partial charge is 0.303 e. The van der Waals surface area contributed by atoms with Crippen LogP contribution in [0.15, 0.2) is 4.52 Å². The van der Waals surface area contributed by atoms with Gasteiger partial charge in [-0.25, -0.2) is 0 Å². The summed E-state index contributed by atoms with van der Waals surface area (Å²) in [6.45, 7) is 3.65. The molecule has 90 valence electrons. The predicted octanol–water partition coefficient (Wildman–Crippen LogP) is 1.43. The SMILES string of the molecule is COC(C)c1noc(CC(C)CC(=O)O)n1. The highest BCUT2D eigenvalue weighted by molar-refractivity contribution is 5.66. The normalized spacial score (nSPS) is 14.7. The van der Waals surface area contributed by atoms with Gasteiger partial charge in [0, 0.05) is 20.0 Å². The van der Waals surface area contributed by atoms with E-state index in [9.17, 15) is 4.79 Å². The number of methoxy groups -OCH3 is 1. The summed E-state index contributed by atoms with van der Waals surface area (Å²) < 4.78 is 10.0. The van der Waals surface area contributed by atoms with Crippen LogP contribution in [0.3, 0.4) is 0 Å². The zero-order chi connectivity index (χ0) is 12.1. The average Bonchev–Trinajstić information content (AvgIpc) is 2.63. The lowest BCUT2D eigenvalue weighted by molar-refractivity contribution is -0.137. The van der Waals surface area contributed by atoms with Crippen LogP contribution in [0, 0.1) is 5.92 Å². The van der Waals surface area contributed by atoms with Crippen molar-refractivity contribution in [1.29, 1.82) is 0 Å². The van der Waals surface area contributed by atoms with Gasteiger partial charge in [-0.1, -0.05) is 12.1 Å². The summed E-state index contributed by atoms with van der Waals surface area (Å²) in [4.78, 5) is 14.6. The lowest BCUT2D eigenvalue weighted by Crippen LogP contribution is -2.07. The molecule has 16 heavy (non-hydrogen) atoms. The van der Waals surface area contributed by atoms with Gasteiger partial charge in [0.05, 0.1) is 0 Å². The van der Waals surface area contributed by atoms with E-state index in [-0.39, 0.29) is 18.4 Å². The van der Waals surface area contributed by atoms with Crippen molar-refractivity contribution in [3.63, 3.8) is 0 Å². The van der Waals surface area contributed by atoms with Gasteiger partial charge < -0.3 is 14.4 Å². The van der Waals surface area contributed by atoms with Crippen molar-refractivity contribution in [3.8, 4) is 0 Å². The van der Waals surface area contributed by atoms with Gasteiger partial charge in [0.25, 0.3) is 0 Å². The monoisotopic (exact) mass is 228 g/mol. The van der Waals surface area contributed by atoms with Crippen molar-refractivity contribution in [1.82, 2.24) is 10.1 Å². The van der Waals surface area contributed by atoms with Crippen LogP contribution in [-0.4, -0.2) is 28.3 Å². The predicted molar refractivity (Wildman–Crippen MR) is 54.8 cm³/mol. The first-order chi connectivity index (χ1) is 7.52. The minimum Gasteiger partial charge on any atom is -0.481 e. The molecule has 6 heteroatoms. The number of aliphatic carboxylic acids is 1. The molecule has 0 aliphatic carbocycles. The highest BCUT2D eigenvalue weighted by Gasteiger charge is 2.16. The van der Waals surface area contributed by atoms with Crippen LogP contribution in [-0.2, 0) is 16.0 Å². The fraction of sp³-hybridized carbons (Fsp3) is 0.700. The molecule has 0 radical (unpaired) electrons. The van der Waals surface area contributed by atoms with Crippen molar-refractivity contribution < 1.29 is 19.2 Å². The van der Waals surface area contributed by atoms with Gasteiger partial charge in [-0.15, -0.1) is 0 Å². The average molecular weight is 228 g/mol. The van der Waals surface area contributed by atoms with Gasteiger partial charge in [0.1, 0.15) is 6.10 Å². The molecule has 6 nitrogen and oxygen atoms in total. The zero-order valence-corrected chi connectivity index (χ0v) is 9.64. The number of hydrogen-bond acceptors (Lipinski definition) is 5. The van der Waals surface area contributed by atoms with Crippen LogP contribution >= 0.6 is 0 Å². The summed E-state index contributed by atoms with van der Waals surface area (Å²) in [5.74, 6) is 0.0915. The third-order valence-corrected chi connectivity index (χ3v) is 2.25. The summed E-state index contributed by atoms with van der Waals surface area (Å²) in [5.41, 5.74) is 0.